The van der Waals surface area contributed by atoms with Crippen molar-refractivity contribution >= 4 is 34.3 Å². The van der Waals surface area contributed by atoms with Crippen molar-refractivity contribution in [3.63, 3.8) is 0 Å². The van der Waals surface area contributed by atoms with Crippen LogP contribution in [0.15, 0.2) is 52.4 Å². The Balaban J connectivity index is 1.35. The molecule has 28 heavy (non-hydrogen) atoms. The number of rotatable bonds is 5. The summed E-state index contributed by atoms with van der Waals surface area (Å²) in [6.07, 6.45) is 5.40. The summed E-state index contributed by atoms with van der Waals surface area (Å²) in [6, 6.07) is 13.8. The molecule has 6 heteroatoms. The van der Waals surface area contributed by atoms with Crippen molar-refractivity contribution in [2.24, 2.45) is 0 Å². The number of hydrogen-bond donors (Lipinski definition) is 1. The molecule has 0 saturated heterocycles. The molecule has 0 radical (unpaired) electrons. The third kappa shape index (κ3) is 3.33. The molecule has 2 aromatic carbocycles. The van der Waals surface area contributed by atoms with Gasteiger partial charge in [-0.1, -0.05) is 30.0 Å². The summed E-state index contributed by atoms with van der Waals surface area (Å²) in [5.74, 6) is 0.155. The number of benzene rings is 2. The Kier molecular flexibility index (Phi) is 4.43. The van der Waals surface area contributed by atoms with Gasteiger partial charge >= 0.3 is 0 Å². The molecule has 142 valence electrons. The van der Waals surface area contributed by atoms with Crippen LogP contribution in [0.2, 0.25) is 0 Å². The van der Waals surface area contributed by atoms with Gasteiger partial charge < -0.3 is 5.32 Å². The maximum absolute atomic E-state index is 12.9. The van der Waals surface area contributed by atoms with Gasteiger partial charge in [-0.25, -0.2) is 4.98 Å². The number of carbonyl (C=O) groups is 1. The van der Waals surface area contributed by atoms with E-state index in [9.17, 15) is 9.59 Å². The van der Waals surface area contributed by atoms with Gasteiger partial charge in [0.1, 0.15) is 0 Å². The number of carbonyl (C=O) groups excluding carboxylic acids is 1. The van der Waals surface area contributed by atoms with Crippen LogP contribution in [0.1, 0.15) is 36.4 Å². The third-order valence-electron chi connectivity index (χ3n) is 5.40. The summed E-state index contributed by atoms with van der Waals surface area (Å²) in [4.78, 5) is 30.0. The molecule has 2 aliphatic carbocycles. The molecule has 1 N–H and O–H groups in total. The maximum atomic E-state index is 12.9. The zero-order valence-electron chi connectivity index (χ0n) is 15.5. The number of aromatic nitrogens is 2. The molecule has 5 nitrogen and oxygen atoms in total. The van der Waals surface area contributed by atoms with Crippen molar-refractivity contribution in [3.05, 3.63) is 63.9 Å². The van der Waals surface area contributed by atoms with E-state index in [1.165, 1.54) is 29.3 Å². The van der Waals surface area contributed by atoms with Gasteiger partial charge in [0.15, 0.2) is 5.16 Å². The van der Waals surface area contributed by atoms with Crippen molar-refractivity contribution < 1.29 is 4.79 Å². The normalized spacial score (nSPS) is 15.6. The van der Waals surface area contributed by atoms with Crippen LogP contribution in [0.5, 0.6) is 0 Å². The molecular formula is C22H21N3O2S. The van der Waals surface area contributed by atoms with Gasteiger partial charge in [-0.3, -0.25) is 14.2 Å². The number of thioether (sulfide) groups is 1. The van der Waals surface area contributed by atoms with Gasteiger partial charge in [-0.2, -0.15) is 0 Å². The van der Waals surface area contributed by atoms with Crippen LogP contribution < -0.4 is 10.9 Å². The highest BCUT2D eigenvalue weighted by Gasteiger charge is 2.28. The van der Waals surface area contributed by atoms with Crippen LogP contribution in [0.3, 0.4) is 0 Å². The minimum Gasteiger partial charge on any atom is -0.325 e. The number of para-hydroxylation sites is 1. The molecule has 1 fully saturated rings. The van der Waals surface area contributed by atoms with Gasteiger partial charge in [0.05, 0.1) is 16.7 Å². The van der Waals surface area contributed by atoms with Crippen LogP contribution in [-0.2, 0) is 17.6 Å². The minimum atomic E-state index is -0.0762. The van der Waals surface area contributed by atoms with E-state index in [0.29, 0.717) is 16.1 Å². The predicted molar refractivity (Wildman–Crippen MR) is 112 cm³/mol. The highest BCUT2D eigenvalue weighted by atomic mass is 32.2. The summed E-state index contributed by atoms with van der Waals surface area (Å²) < 4.78 is 1.77. The first-order chi connectivity index (χ1) is 13.7. The van der Waals surface area contributed by atoms with Crippen LogP contribution in [0, 0.1) is 0 Å². The van der Waals surface area contributed by atoms with Gasteiger partial charge in [0, 0.05) is 11.7 Å². The van der Waals surface area contributed by atoms with Crippen LogP contribution in [-0.4, -0.2) is 21.2 Å². The average molecular weight is 391 g/mol. The fraction of sp³-hybridized carbons (Fsp3) is 0.318. The third-order valence-corrected chi connectivity index (χ3v) is 6.35. The molecule has 2 aliphatic rings. The van der Waals surface area contributed by atoms with Gasteiger partial charge in [0.25, 0.3) is 5.56 Å². The first-order valence-electron chi connectivity index (χ1n) is 9.75. The molecule has 5 rings (SSSR count). The molecule has 0 bridgehead atoms. The molecule has 1 heterocycles. The first-order valence-corrected chi connectivity index (χ1v) is 10.7. The molecule has 0 unspecified atom stereocenters. The quantitative estimate of drug-likeness (QED) is 0.528. The Morgan fingerprint density at radius 3 is 2.82 bits per heavy atom. The second-order valence-corrected chi connectivity index (χ2v) is 8.43. The molecule has 0 spiro atoms. The molecule has 0 atom stereocenters. The molecular weight excluding hydrogens is 370 g/mol. The smallest absolute Gasteiger partial charge is 0.262 e. The van der Waals surface area contributed by atoms with Crippen molar-refractivity contribution in [3.8, 4) is 0 Å². The standard InChI is InChI=1S/C22H21N3O2S/c26-20(23-16-9-8-14-4-3-5-15(14)12-16)13-28-22-24-19-7-2-1-6-18(19)21(27)25(22)17-10-11-17/h1-2,6-9,12,17H,3-5,10-11,13H2,(H,23,26). The zero-order chi connectivity index (χ0) is 19.1. The summed E-state index contributed by atoms with van der Waals surface area (Å²) >= 11 is 1.34. The van der Waals surface area contributed by atoms with Crippen LogP contribution in [0.25, 0.3) is 10.9 Å². The number of anilines is 1. The predicted octanol–water partition coefficient (Wildman–Crippen LogP) is 3.95. The summed E-state index contributed by atoms with van der Waals surface area (Å²) in [7, 11) is 0. The van der Waals surface area contributed by atoms with Crippen molar-refractivity contribution in [2.45, 2.75) is 43.3 Å². The van der Waals surface area contributed by atoms with Gasteiger partial charge in [0.2, 0.25) is 5.91 Å². The monoisotopic (exact) mass is 391 g/mol. The fourth-order valence-corrected chi connectivity index (χ4v) is 4.73. The van der Waals surface area contributed by atoms with E-state index in [2.05, 4.69) is 22.4 Å². The summed E-state index contributed by atoms with van der Waals surface area (Å²) in [5.41, 5.74) is 4.25. The van der Waals surface area contributed by atoms with E-state index in [1.807, 2.05) is 30.3 Å². The van der Waals surface area contributed by atoms with Gasteiger partial charge in [-0.05, 0) is 67.5 Å². The lowest BCUT2D eigenvalue weighted by Crippen LogP contribution is -2.23. The van der Waals surface area contributed by atoms with Crippen molar-refractivity contribution in [2.75, 3.05) is 11.1 Å². The fourth-order valence-electron chi connectivity index (χ4n) is 3.86. The molecule has 1 saturated carbocycles. The van der Waals surface area contributed by atoms with Crippen LogP contribution in [0.4, 0.5) is 5.69 Å². The van der Waals surface area contributed by atoms with E-state index in [1.54, 1.807) is 4.57 Å². The van der Waals surface area contributed by atoms with E-state index in [0.717, 1.165) is 31.4 Å². The first kappa shape index (κ1) is 17.5. The van der Waals surface area contributed by atoms with E-state index in [4.69, 9.17) is 0 Å². The van der Waals surface area contributed by atoms with E-state index >= 15 is 0 Å². The number of nitrogens with zero attached hydrogens (tertiary/aromatic N) is 2. The van der Waals surface area contributed by atoms with Crippen LogP contribution >= 0.6 is 11.8 Å². The van der Waals surface area contributed by atoms with E-state index in [-0.39, 0.29) is 23.3 Å². The molecule has 1 amide bonds. The second kappa shape index (κ2) is 7.09. The summed E-state index contributed by atoms with van der Waals surface area (Å²) in [6.45, 7) is 0. The Morgan fingerprint density at radius 2 is 1.96 bits per heavy atom. The lowest BCUT2D eigenvalue weighted by atomic mass is 10.1. The van der Waals surface area contributed by atoms with E-state index < -0.39 is 0 Å². The topological polar surface area (TPSA) is 64.0 Å². The highest BCUT2D eigenvalue weighted by Crippen LogP contribution is 2.36. The number of amides is 1. The zero-order valence-corrected chi connectivity index (χ0v) is 16.3. The largest absolute Gasteiger partial charge is 0.325 e. The number of hydrogen-bond acceptors (Lipinski definition) is 4. The molecule has 0 aliphatic heterocycles. The number of aryl methyl sites for hydroxylation is 2. The van der Waals surface area contributed by atoms with Crippen molar-refractivity contribution in [1.82, 2.24) is 9.55 Å². The van der Waals surface area contributed by atoms with Crippen molar-refractivity contribution in [1.29, 1.82) is 0 Å². The second-order valence-electron chi connectivity index (χ2n) is 7.49. The average Bonchev–Trinajstić information content (AvgIpc) is 3.42. The Hall–Kier alpha value is -2.60. The lowest BCUT2D eigenvalue weighted by Gasteiger charge is -2.12. The molecule has 1 aromatic heterocycles. The number of fused-ring (bicyclic) bond motifs is 2. The van der Waals surface area contributed by atoms with Gasteiger partial charge in [-0.15, -0.1) is 0 Å². The summed E-state index contributed by atoms with van der Waals surface area (Å²) in [5, 5.41) is 4.26. The minimum absolute atomic E-state index is 0.00497. The SMILES string of the molecule is O=C(CSc1nc2ccccc2c(=O)n1C1CC1)Nc1ccc2c(c1)CCC2. The maximum Gasteiger partial charge on any atom is 0.262 e. The Labute approximate surface area is 167 Å². The number of nitrogens with one attached hydrogen (secondary N) is 1. The molecule has 3 aromatic rings. The Bertz CT molecular complexity index is 1130. The highest BCUT2D eigenvalue weighted by molar-refractivity contribution is 7.99. The Morgan fingerprint density at radius 1 is 1.14 bits per heavy atom. The lowest BCUT2D eigenvalue weighted by molar-refractivity contribution is -0.113.